The van der Waals surface area contributed by atoms with E-state index in [-0.39, 0.29) is 18.4 Å². The van der Waals surface area contributed by atoms with Crippen molar-refractivity contribution in [1.29, 1.82) is 0 Å². The minimum Gasteiger partial charge on any atom is -0.343 e. The van der Waals surface area contributed by atoms with Crippen LogP contribution in [0.1, 0.15) is 22.3 Å². The van der Waals surface area contributed by atoms with Crippen LogP contribution in [0.5, 0.6) is 0 Å². The fraction of sp³-hybridized carbons (Fsp3) is 0.333. The van der Waals surface area contributed by atoms with Gasteiger partial charge in [-0.3, -0.25) is 9.59 Å². The first-order valence-electron chi connectivity index (χ1n) is 7.84. The average molecular weight is 328 g/mol. The molecule has 2 heterocycles. The fourth-order valence-electron chi connectivity index (χ4n) is 2.94. The maximum Gasteiger partial charge on any atom is 0.252 e. The number of nitrogens with zero attached hydrogens (tertiary/aromatic N) is 1. The molecule has 4 nitrogen and oxygen atoms in total. The van der Waals surface area contributed by atoms with Gasteiger partial charge in [0.2, 0.25) is 5.91 Å². The molecule has 0 aliphatic carbocycles. The van der Waals surface area contributed by atoms with E-state index in [2.05, 4.69) is 17.4 Å². The van der Waals surface area contributed by atoms with Crippen molar-refractivity contribution in [3.63, 3.8) is 0 Å². The van der Waals surface area contributed by atoms with Crippen LogP contribution in [0.15, 0.2) is 47.2 Å². The van der Waals surface area contributed by atoms with Gasteiger partial charge in [-0.1, -0.05) is 30.3 Å². The number of rotatable bonds is 5. The van der Waals surface area contributed by atoms with Crippen molar-refractivity contribution in [3.8, 4) is 0 Å². The third kappa shape index (κ3) is 4.20. The van der Waals surface area contributed by atoms with E-state index >= 15 is 0 Å². The van der Waals surface area contributed by atoms with Crippen LogP contribution in [0.2, 0.25) is 0 Å². The Morgan fingerprint density at radius 3 is 2.78 bits per heavy atom. The summed E-state index contributed by atoms with van der Waals surface area (Å²) in [5.41, 5.74) is 1.93. The monoisotopic (exact) mass is 328 g/mol. The van der Waals surface area contributed by atoms with Gasteiger partial charge in [-0.05, 0) is 35.8 Å². The highest BCUT2D eigenvalue weighted by Gasteiger charge is 2.26. The zero-order chi connectivity index (χ0) is 16.1. The van der Waals surface area contributed by atoms with Crippen LogP contribution >= 0.6 is 11.3 Å². The summed E-state index contributed by atoms with van der Waals surface area (Å²) >= 11 is 1.47. The number of carbonyl (C=O) groups is 2. The van der Waals surface area contributed by atoms with Crippen molar-refractivity contribution in [2.45, 2.75) is 12.8 Å². The summed E-state index contributed by atoms with van der Waals surface area (Å²) in [6.07, 6.45) is 2.03. The maximum atomic E-state index is 12.2. The lowest BCUT2D eigenvalue weighted by Crippen LogP contribution is -2.39. The number of amides is 2. The molecule has 1 aromatic carbocycles. The van der Waals surface area contributed by atoms with E-state index in [1.54, 1.807) is 11.4 Å². The van der Waals surface area contributed by atoms with Crippen LogP contribution in [0.4, 0.5) is 0 Å². The Balaban J connectivity index is 1.45. The average Bonchev–Trinajstić information content (AvgIpc) is 3.25. The Morgan fingerprint density at radius 2 is 2.04 bits per heavy atom. The second-order valence-electron chi connectivity index (χ2n) is 5.88. The quantitative estimate of drug-likeness (QED) is 0.917. The first-order valence-corrected chi connectivity index (χ1v) is 8.79. The number of benzene rings is 1. The molecule has 23 heavy (non-hydrogen) atoms. The number of carbonyl (C=O) groups excluding carboxylic acids is 2. The van der Waals surface area contributed by atoms with E-state index in [0.29, 0.717) is 11.5 Å². The van der Waals surface area contributed by atoms with Gasteiger partial charge < -0.3 is 10.2 Å². The molecule has 0 spiro atoms. The van der Waals surface area contributed by atoms with Gasteiger partial charge in [0.1, 0.15) is 0 Å². The van der Waals surface area contributed by atoms with Gasteiger partial charge in [0.25, 0.3) is 5.91 Å². The summed E-state index contributed by atoms with van der Waals surface area (Å²) < 4.78 is 0. The summed E-state index contributed by atoms with van der Waals surface area (Å²) in [6.45, 7) is 1.64. The Morgan fingerprint density at radius 1 is 1.22 bits per heavy atom. The number of nitrogens with one attached hydrogen (secondary N) is 1. The first kappa shape index (κ1) is 15.7. The first-order chi connectivity index (χ1) is 11.2. The van der Waals surface area contributed by atoms with E-state index in [1.165, 1.54) is 16.9 Å². The Hall–Kier alpha value is -2.14. The minimum absolute atomic E-state index is 0.00383. The molecule has 0 radical (unpaired) electrons. The highest BCUT2D eigenvalue weighted by molar-refractivity contribution is 7.08. The topological polar surface area (TPSA) is 49.4 Å². The molecule has 1 unspecified atom stereocenters. The molecular weight excluding hydrogens is 308 g/mol. The van der Waals surface area contributed by atoms with Crippen LogP contribution in [0.3, 0.4) is 0 Å². The highest BCUT2D eigenvalue weighted by Crippen LogP contribution is 2.20. The molecule has 5 heteroatoms. The van der Waals surface area contributed by atoms with Crippen LogP contribution in [0.25, 0.3) is 0 Å². The predicted octanol–water partition coefficient (Wildman–Crippen LogP) is 2.57. The van der Waals surface area contributed by atoms with Gasteiger partial charge in [0.15, 0.2) is 0 Å². The van der Waals surface area contributed by atoms with Crippen LogP contribution in [-0.4, -0.2) is 36.3 Å². The largest absolute Gasteiger partial charge is 0.343 e. The summed E-state index contributed by atoms with van der Waals surface area (Å²) in [7, 11) is 0. The molecule has 1 aliphatic heterocycles. The van der Waals surface area contributed by atoms with Crippen molar-refractivity contribution in [3.05, 3.63) is 58.3 Å². The number of thiophene rings is 1. The molecule has 2 aromatic rings. The molecule has 0 saturated carbocycles. The molecule has 0 bridgehead atoms. The van der Waals surface area contributed by atoms with E-state index < -0.39 is 0 Å². The maximum absolute atomic E-state index is 12.2. The summed E-state index contributed by atoms with van der Waals surface area (Å²) in [4.78, 5) is 25.9. The summed E-state index contributed by atoms with van der Waals surface area (Å²) in [5, 5.41) is 6.34. The van der Waals surface area contributed by atoms with Crippen molar-refractivity contribution < 1.29 is 9.59 Å². The van der Waals surface area contributed by atoms with Crippen molar-refractivity contribution in [2.75, 3.05) is 19.6 Å². The Kier molecular flexibility index (Phi) is 5.08. The minimum atomic E-state index is -0.181. The van der Waals surface area contributed by atoms with Crippen molar-refractivity contribution >= 4 is 23.2 Å². The molecule has 3 rings (SSSR count). The Bertz CT molecular complexity index is 655. The normalized spacial score (nSPS) is 17.2. The van der Waals surface area contributed by atoms with Gasteiger partial charge in [0, 0.05) is 24.0 Å². The van der Waals surface area contributed by atoms with E-state index in [4.69, 9.17) is 0 Å². The highest BCUT2D eigenvalue weighted by atomic mass is 32.1. The number of likely N-dealkylation sites (tertiary alicyclic amines) is 1. The molecule has 1 N–H and O–H groups in total. The second kappa shape index (κ2) is 7.42. The molecule has 120 valence electrons. The van der Waals surface area contributed by atoms with Crippen LogP contribution in [-0.2, 0) is 11.2 Å². The molecular formula is C18H20N2O2S. The zero-order valence-electron chi connectivity index (χ0n) is 12.9. The fourth-order valence-corrected chi connectivity index (χ4v) is 3.57. The van der Waals surface area contributed by atoms with Gasteiger partial charge in [0.05, 0.1) is 6.54 Å². The lowest BCUT2D eigenvalue weighted by molar-refractivity contribution is -0.129. The lowest BCUT2D eigenvalue weighted by atomic mass is 9.99. The number of hydrogen-bond acceptors (Lipinski definition) is 3. The third-order valence-corrected chi connectivity index (χ3v) is 4.87. The van der Waals surface area contributed by atoms with Gasteiger partial charge in [-0.25, -0.2) is 0 Å². The van der Waals surface area contributed by atoms with Gasteiger partial charge >= 0.3 is 0 Å². The van der Waals surface area contributed by atoms with Crippen LogP contribution < -0.4 is 5.32 Å². The smallest absolute Gasteiger partial charge is 0.252 e. The van der Waals surface area contributed by atoms with Crippen molar-refractivity contribution in [1.82, 2.24) is 10.2 Å². The molecule has 1 aromatic heterocycles. The SMILES string of the molecule is O=C(NCC(=O)N1CCC(Cc2ccccc2)C1)c1ccsc1. The van der Waals surface area contributed by atoms with Gasteiger partial charge in [-0.2, -0.15) is 11.3 Å². The molecule has 1 fully saturated rings. The van der Waals surface area contributed by atoms with E-state index in [1.807, 2.05) is 28.5 Å². The number of hydrogen-bond donors (Lipinski definition) is 1. The molecule has 1 atom stereocenters. The predicted molar refractivity (Wildman–Crippen MR) is 91.5 cm³/mol. The lowest BCUT2D eigenvalue weighted by Gasteiger charge is -2.17. The van der Waals surface area contributed by atoms with E-state index in [9.17, 15) is 9.59 Å². The molecule has 1 saturated heterocycles. The van der Waals surface area contributed by atoms with Gasteiger partial charge in [-0.15, -0.1) is 0 Å². The Labute approximate surface area is 140 Å². The third-order valence-electron chi connectivity index (χ3n) is 4.19. The standard InChI is InChI=1S/C18H20N2O2S/c21-17(11-19-18(22)16-7-9-23-13-16)20-8-6-15(12-20)10-14-4-2-1-3-5-14/h1-5,7,9,13,15H,6,8,10-12H2,(H,19,22). The zero-order valence-corrected chi connectivity index (χ0v) is 13.7. The van der Waals surface area contributed by atoms with Crippen LogP contribution in [0, 0.1) is 5.92 Å². The summed E-state index contributed by atoms with van der Waals surface area (Å²) in [6, 6.07) is 12.1. The van der Waals surface area contributed by atoms with Crippen molar-refractivity contribution in [2.24, 2.45) is 5.92 Å². The molecule has 1 aliphatic rings. The molecule has 2 amide bonds. The van der Waals surface area contributed by atoms with E-state index in [0.717, 1.165) is 25.9 Å². The second-order valence-corrected chi connectivity index (χ2v) is 6.66. The summed E-state index contributed by atoms with van der Waals surface area (Å²) in [5.74, 6) is 0.331.